The first kappa shape index (κ1) is 10.5. The Bertz CT molecular complexity index is 556. The number of hydrogen-bond acceptors (Lipinski definition) is 3. The Kier molecular flexibility index (Phi) is 2.30. The van der Waals surface area contributed by atoms with E-state index in [1.54, 1.807) is 0 Å². The summed E-state index contributed by atoms with van der Waals surface area (Å²) in [7, 11) is 0. The van der Waals surface area contributed by atoms with Gasteiger partial charge in [0.05, 0.1) is 5.56 Å². The van der Waals surface area contributed by atoms with Crippen LogP contribution in [0.1, 0.15) is 5.56 Å². The van der Waals surface area contributed by atoms with E-state index >= 15 is 0 Å². The largest absolute Gasteiger partial charge is 0.439 e. The van der Waals surface area contributed by atoms with Crippen molar-refractivity contribution in [2.45, 2.75) is 6.18 Å². The molecule has 0 saturated heterocycles. The minimum atomic E-state index is -4.43. The predicted molar refractivity (Wildman–Crippen MR) is 47.6 cm³/mol. The minimum Gasteiger partial charge on any atom is -0.296 e. The lowest BCUT2D eigenvalue weighted by Gasteiger charge is -2.06. The average Bonchev–Trinajstić information content (AvgIpc) is 2.64. The number of nitrogens with one attached hydrogen (secondary N) is 1. The second kappa shape index (κ2) is 3.51. The molecule has 2 rings (SSSR count). The third kappa shape index (κ3) is 1.97. The van der Waals surface area contributed by atoms with Gasteiger partial charge in [-0.05, 0) is 12.1 Å². The van der Waals surface area contributed by atoms with E-state index in [-0.39, 0.29) is 11.4 Å². The van der Waals surface area contributed by atoms with E-state index in [1.807, 2.05) is 0 Å². The Labute approximate surface area is 86.7 Å². The van der Waals surface area contributed by atoms with Crippen molar-refractivity contribution in [3.05, 3.63) is 40.4 Å². The maximum absolute atomic E-state index is 12.4. The molecule has 0 saturated carbocycles. The van der Waals surface area contributed by atoms with E-state index < -0.39 is 17.5 Å². The molecule has 0 spiro atoms. The van der Waals surface area contributed by atoms with Crippen molar-refractivity contribution in [1.82, 2.24) is 10.1 Å². The van der Waals surface area contributed by atoms with Gasteiger partial charge in [-0.2, -0.15) is 13.2 Å². The summed E-state index contributed by atoms with van der Waals surface area (Å²) in [5.74, 6) is -0.844. The van der Waals surface area contributed by atoms with Crippen LogP contribution in [0.15, 0.2) is 33.6 Å². The molecule has 84 valence electrons. The van der Waals surface area contributed by atoms with Gasteiger partial charge in [0.1, 0.15) is 0 Å². The number of rotatable bonds is 1. The number of aromatic nitrogens is 2. The number of benzene rings is 1. The Morgan fingerprint density at radius 1 is 1.31 bits per heavy atom. The summed E-state index contributed by atoms with van der Waals surface area (Å²) in [6, 6.07) is 4.43. The van der Waals surface area contributed by atoms with Crippen molar-refractivity contribution in [1.29, 1.82) is 0 Å². The van der Waals surface area contributed by atoms with E-state index in [2.05, 4.69) is 14.7 Å². The fraction of sp³-hybridized carbons (Fsp3) is 0.111. The molecule has 0 fully saturated rings. The van der Waals surface area contributed by atoms with Crippen LogP contribution >= 0.6 is 0 Å². The SMILES string of the molecule is O=c1[nH]c(-c2cccc(C(F)(F)F)c2)no1. The van der Waals surface area contributed by atoms with Crippen LogP contribution in [-0.4, -0.2) is 10.1 Å². The van der Waals surface area contributed by atoms with Crippen LogP contribution in [0, 0.1) is 0 Å². The van der Waals surface area contributed by atoms with Gasteiger partial charge >= 0.3 is 11.9 Å². The highest BCUT2D eigenvalue weighted by molar-refractivity contribution is 5.55. The molecule has 1 aromatic carbocycles. The first-order chi connectivity index (χ1) is 7.47. The summed E-state index contributed by atoms with van der Waals surface area (Å²) < 4.78 is 41.3. The third-order valence-electron chi connectivity index (χ3n) is 1.90. The molecule has 2 aromatic rings. The third-order valence-corrected chi connectivity index (χ3v) is 1.90. The minimum absolute atomic E-state index is 0.0314. The summed E-state index contributed by atoms with van der Waals surface area (Å²) in [5.41, 5.74) is -0.672. The topological polar surface area (TPSA) is 58.9 Å². The zero-order valence-corrected chi connectivity index (χ0v) is 7.71. The molecule has 0 aliphatic heterocycles. The van der Waals surface area contributed by atoms with Gasteiger partial charge in [-0.25, -0.2) is 4.79 Å². The number of alkyl halides is 3. The molecule has 1 heterocycles. The lowest BCUT2D eigenvalue weighted by Crippen LogP contribution is -2.04. The van der Waals surface area contributed by atoms with E-state index in [0.717, 1.165) is 12.1 Å². The zero-order valence-electron chi connectivity index (χ0n) is 7.71. The van der Waals surface area contributed by atoms with E-state index in [4.69, 9.17) is 0 Å². The smallest absolute Gasteiger partial charge is 0.296 e. The van der Waals surface area contributed by atoms with E-state index in [0.29, 0.717) is 0 Å². The Morgan fingerprint density at radius 3 is 2.62 bits per heavy atom. The normalized spacial score (nSPS) is 11.7. The number of halogens is 3. The molecule has 1 N–H and O–H groups in total. The first-order valence-electron chi connectivity index (χ1n) is 4.20. The fourth-order valence-corrected chi connectivity index (χ4v) is 1.20. The Balaban J connectivity index is 2.48. The second-order valence-electron chi connectivity index (χ2n) is 3.02. The summed E-state index contributed by atoms with van der Waals surface area (Å²) in [4.78, 5) is 12.8. The van der Waals surface area contributed by atoms with Crippen LogP contribution in [-0.2, 0) is 6.18 Å². The monoisotopic (exact) mass is 230 g/mol. The molecule has 0 atom stereocenters. The molecule has 7 heteroatoms. The Hall–Kier alpha value is -2.05. The molecular weight excluding hydrogens is 225 g/mol. The van der Waals surface area contributed by atoms with E-state index in [9.17, 15) is 18.0 Å². The summed E-state index contributed by atoms with van der Waals surface area (Å²) in [6.45, 7) is 0. The molecule has 0 amide bonds. The van der Waals surface area contributed by atoms with Crippen LogP contribution in [0.2, 0.25) is 0 Å². The Morgan fingerprint density at radius 2 is 2.06 bits per heavy atom. The number of H-pyrrole nitrogens is 1. The molecule has 0 unspecified atom stereocenters. The molecular formula is C9H5F3N2O2. The zero-order chi connectivity index (χ0) is 11.8. The van der Waals surface area contributed by atoms with Gasteiger partial charge < -0.3 is 0 Å². The molecule has 0 radical (unpaired) electrons. The fourth-order valence-electron chi connectivity index (χ4n) is 1.20. The highest BCUT2D eigenvalue weighted by atomic mass is 19.4. The average molecular weight is 230 g/mol. The number of aromatic amines is 1. The predicted octanol–water partition coefficient (Wildman–Crippen LogP) is 2.05. The molecule has 0 aliphatic carbocycles. The molecule has 0 aliphatic rings. The van der Waals surface area contributed by atoms with Gasteiger partial charge in [-0.1, -0.05) is 17.3 Å². The van der Waals surface area contributed by atoms with Crippen molar-refractivity contribution in [2.24, 2.45) is 0 Å². The summed E-state index contributed by atoms with van der Waals surface area (Å²) in [5, 5.41) is 3.30. The van der Waals surface area contributed by atoms with Gasteiger partial charge in [-0.15, -0.1) is 0 Å². The molecule has 4 nitrogen and oxygen atoms in total. The second-order valence-corrected chi connectivity index (χ2v) is 3.02. The first-order valence-corrected chi connectivity index (χ1v) is 4.20. The number of hydrogen-bond donors (Lipinski definition) is 1. The van der Waals surface area contributed by atoms with Gasteiger partial charge in [0.2, 0.25) is 0 Å². The van der Waals surface area contributed by atoms with Gasteiger partial charge in [0, 0.05) is 5.56 Å². The molecule has 16 heavy (non-hydrogen) atoms. The van der Waals surface area contributed by atoms with Crippen LogP contribution in [0.4, 0.5) is 13.2 Å². The maximum Gasteiger partial charge on any atom is 0.439 e. The van der Waals surface area contributed by atoms with Gasteiger partial charge in [0.15, 0.2) is 5.82 Å². The van der Waals surface area contributed by atoms with Crippen LogP contribution in [0.25, 0.3) is 11.4 Å². The van der Waals surface area contributed by atoms with Crippen LogP contribution in [0.3, 0.4) is 0 Å². The van der Waals surface area contributed by atoms with Crippen LogP contribution in [0.5, 0.6) is 0 Å². The quantitative estimate of drug-likeness (QED) is 0.815. The molecule has 1 aromatic heterocycles. The standard InChI is InChI=1S/C9H5F3N2O2/c10-9(11,12)6-3-1-2-5(4-6)7-13-8(15)16-14-7/h1-4H,(H,13,14,15). The van der Waals surface area contributed by atoms with Gasteiger partial charge in [0.25, 0.3) is 0 Å². The summed E-state index contributed by atoms with van der Waals surface area (Å²) in [6.07, 6.45) is -4.43. The summed E-state index contributed by atoms with van der Waals surface area (Å²) >= 11 is 0. The maximum atomic E-state index is 12.4. The van der Waals surface area contributed by atoms with Gasteiger partial charge in [-0.3, -0.25) is 9.51 Å². The lowest BCUT2D eigenvalue weighted by atomic mass is 10.1. The molecule has 0 bridgehead atoms. The van der Waals surface area contributed by atoms with Crippen molar-refractivity contribution in [2.75, 3.05) is 0 Å². The van der Waals surface area contributed by atoms with Crippen molar-refractivity contribution >= 4 is 0 Å². The van der Waals surface area contributed by atoms with Crippen molar-refractivity contribution in [3.63, 3.8) is 0 Å². The van der Waals surface area contributed by atoms with Crippen molar-refractivity contribution < 1.29 is 17.7 Å². The highest BCUT2D eigenvalue weighted by Gasteiger charge is 2.30. The lowest BCUT2D eigenvalue weighted by molar-refractivity contribution is -0.137. The number of nitrogens with zero attached hydrogens (tertiary/aromatic N) is 1. The van der Waals surface area contributed by atoms with Crippen LogP contribution < -0.4 is 5.76 Å². The van der Waals surface area contributed by atoms with E-state index in [1.165, 1.54) is 12.1 Å². The highest BCUT2D eigenvalue weighted by Crippen LogP contribution is 2.31. The van der Waals surface area contributed by atoms with Crippen molar-refractivity contribution in [3.8, 4) is 11.4 Å².